The number of ether oxygens (including phenoxy) is 2. The Morgan fingerprint density at radius 2 is 2.06 bits per heavy atom. The van der Waals surface area contributed by atoms with Gasteiger partial charge in [-0.15, -0.1) is 0 Å². The van der Waals surface area contributed by atoms with Crippen molar-refractivity contribution in [1.29, 1.82) is 0 Å². The average Bonchev–Trinajstić information content (AvgIpc) is 3.14. The van der Waals surface area contributed by atoms with Crippen LogP contribution >= 0.6 is 0 Å². The summed E-state index contributed by atoms with van der Waals surface area (Å²) in [6.45, 7) is -1.31. The van der Waals surface area contributed by atoms with Gasteiger partial charge in [0.1, 0.15) is 6.04 Å². The first-order chi connectivity index (χ1) is 16.9. The van der Waals surface area contributed by atoms with Crippen LogP contribution in [0.5, 0.6) is 5.75 Å². The molecular formula is C19H19F5N4O5S. The van der Waals surface area contributed by atoms with E-state index in [4.69, 9.17) is 14.0 Å². The molecule has 2 heterocycles. The summed E-state index contributed by atoms with van der Waals surface area (Å²) < 4.78 is 125. The van der Waals surface area contributed by atoms with Gasteiger partial charge in [-0.1, -0.05) is 0 Å². The standard InChI is InChI=1S/C19H19F5N4O5S/c1-32-16-12(4-3-11(20)15(16)21)28-9-18(33-2,19(22,23)24)8-13(28)17(29)27-10-5-6-26-14(7-10)34(25,30)31/h3-7,13H,8-9H2,1-2H3,(H2,25,30,31)(H,26,27,29)/t13-,18+/m0/s1/i2D3. The van der Waals surface area contributed by atoms with Gasteiger partial charge in [0.2, 0.25) is 11.7 Å². The third kappa shape index (κ3) is 4.63. The van der Waals surface area contributed by atoms with E-state index in [0.717, 1.165) is 31.5 Å². The minimum absolute atomic E-state index is 0.234. The molecule has 0 unspecified atom stereocenters. The number of methoxy groups -OCH3 is 2. The number of hydrogen-bond acceptors (Lipinski definition) is 7. The zero-order valence-electron chi connectivity index (χ0n) is 20.2. The number of primary sulfonamides is 1. The Morgan fingerprint density at radius 3 is 2.65 bits per heavy atom. The van der Waals surface area contributed by atoms with Crippen LogP contribution in [0.4, 0.5) is 33.3 Å². The van der Waals surface area contributed by atoms with Crippen LogP contribution in [0.2, 0.25) is 0 Å². The molecule has 0 bridgehead atoms. The Kier molecular flexibility index (Phi) is 5.66. The Morgan fingerprint density at radius 1 is 1.35 bits per heavy atom. The molecule has 2 atom stereocenters. The number of carbonyl (C=O) groups excluding carboxylic acids is 1. The van der Waals surface area contributed by atoms with Gasteiger partial charge in [0, 0.05) is 31.4 Å². The van der Waals surface area contributed by atoms with E-state index in [1.165, 1.54) is 0 Å². The lowest BCUT2D eigenvalue weighted by Gasteiger charge is -2.31. The van der Waals surface area contributed by atoms with E-state index in [9.17, 15) is 35.2 Å². The normalized spacial score (nSPS) is 22.6. The number of halogens is 5. The maximum Gasteiger partial charge on any atom is 0.419 e. The zero-order valence-corrected chi connectivity index (χ0v) is 18.0. The lowest BCUT2D eigenvalue weighted by atomic mass is 9.99. The fourth-order valence-electron chi connectivity index (χ4n) is 3.51. The van der Waals surface area contributed by atoms with Crippen molar-refractivity contribution in [3.63, 3.8) is 0 Å². The topological polar surface area (TPSA) is 124 Å². The summed E-state index contributed by atoms with van der Waals surface area (Å²) in [5.41, 5.74) is -4.18. The molecule has 0 saturated carbocycles. The van der Waals surface area contributed by atoms with Crippen molar-refractivity contribution in [2.45, 2.75) is 29.3 Å². The highest BCUT2D eigenvalue weighted by Gasteiger charge is 2.63. The molecule has 1 amide bonds. The largest absolute Gasteiger partial charge is 0.491 e. The van der Waals surface area contributed by atoms with E-state index in [0.29, 0.717) is 11.0 Å². The molecule has 1 aromatic carbocycles. The van der Waals surface area contributed by atoms with Gasteiger partial charge in [-0.2, -0.15) is 17.6 Å². The summed E-state index contributed by atoms with van der Waals surface area (Å²) in [5.74, 6) is -5.00. The number of sulfonamides is 1. The van der Waals surface area contributed by atoms with Crippen LogP contribution in [-0.2, 0) is 19.6 Å². The zero-order chi connectivity index (χ0) is 28.0. The highest BCUT2D eigenvalue weighted by molar-refractivity contribution is 7.89. The number of rotatable bonds is 6. The van der Waals surface area contributed by atoms with Gasteiger partial charge in [0.15, 0.2) is 22.2 Å². The molecule has 1 aliphatic rings. The molecule has 1 saturated heterocycles. The SMILES string of the molecule is [2H]C([2H])([2H])O[C@]1(C(F)(F)F)C[C@@H](C(=O)Nc2ccnc(S(N)(=O)=O)c2)N(c2ccc(F)c(F)c2OC)C1. The number of anilines is 2. The maximum absolute atomic E-state index is 14.4. The van der Waals surface area contributed by atoms with Crippen LogP contribution in [-0.4, -0.2) is 57.8 Å². The molecular weight excluding hydrogens is 491 g/mol. The van der Waals surface area contributed by atoms with Crippen molar-refractivity contribution in [2.75, 3.05) is 30.9 Å². The summed E-state index contributed by atoms with van der Waals surface area (Å²) in [6.07, 6.45) is -5.66. The Balaban J connectivity index is 2.12. The van der Waals surface area contributed by atoms with Crippen molar-refractivity contribution in [3.8, 4) is 5.75 Å². The van der Waals surface area contributed by atoms with Crippen LogP contribution in [0.3, 0.4) is 0 Å². The number of aromatic nitrogens is 1. The monoisotopic (exact) mass is 513 g/mol. The molecule has 1 aliphatic heterocycles. The predicted molar refractivity (Wildman–Crippen MR) is 109 cm³/mol. The predicted octanol–water partition coefficient (Wildman–Crippen LogP) is 2.18. The number of carbonyl (C=O) groups is 1. The van der Waals surface area contributed by atoms with E-state index in [1.807, 2.05) is 0 Å². The van der Waals surface area contributed by atoms with Crippen LogP contribution < -0.4 is 20.1 Å². The lowest BCUT2D eigenvalue weighted by Crippen LogP contribution is -2.49. The molecule has 9 nitrogen and oxygen atoms in total. The second-order valence-corrected chi connectivity index (χ2v) is 8.78. The molecule has 34 heavy (non-hydrogen) atoms. The van der Waals surface area contributed by atoms with Crippen molar-refractivity contribution >= 4 is 27.3 Å². The smallest absolute Gasteiger partial charge is 0.419 e. The highest BCUT2D eigenvalue weighted by atomic mass is 32.2. The number of nitrogens with one attached hydrogen (secondary N) is 1. The lowest BCUT2D eigenvalue weighted by molar-refractivity contribution is -0.261. The summed E-state index contributed by atoms with van der Waals surface area (Å²) in [7, 11) is -6.95. The molecule has 186 valence electrons. The van der Waals surface area contributed by atoms with Gasteiger partial charge in [-0.25, -0.2) is 22.9 Å². The molecule has 1 aromatic heterocycles. The summed E-state index contributed by atoms with van der Waals surface area (Å²) in [4.78, 5) is 17.3. The van der Waals surface area contributed by atoms with Gasteiger partial charge >= 0.3 is 6.18 Å². The first-order valence-corrected chi connectivity index (χ1v) is 10.8. The van der Waals surface area contributed by atoms with E-state index >= 15 is 0 Å². The number of benzene rings is 1. The minimum Gasteiger partial charge on any atom is -0.491 e. The number of nitrogens with two attached hydrogens (primary N) is 1. The highest BCUT2D eigenvalue weighted by Crippen LogP contribution is 2.47. The molecule has 0 aliphatic carbocycles. The number of nitrogens with zero attached hydrogens (tertiary/aromatic N) is 2. The van der Waals surface area contributed by atoms with Crippen LogP contribution in [0.1, 0.15) is 10.5 Å². The van der Waals surface area contributed by atoms with Crippen molar-refractivity contribution in [3.05, 3.63) is 42.1 Å². The molecule has 15 heteroatoms. The number of hydrogen-bond donors (Lipinski definition) is 2. The van der Waals surface area contributed by atoms with Gasteiger partial charge in [-0.05, 0) is 18.2 Å². The van der Waals surface area contributed by atoms with Crippen molar-refractivity contribution in [2.24, 2.45) is 5.14 Å². The number of pyridine rings is 1. The van der Waals surface area contributed by atoms with Gasteiger partial charge < -0.3 is 19.7 Å². The van der Waals surface area contributed by atoms with Gasteiger partial charge in [0.05, 0.1) is 23.5 Å². The molecule has 1 fully saturated rings. The van der Waals surface area contributed by atoms with Crippen molar-refractivity contribution in [1.82, 2.24) is 4.98 Å². The minimum atomic E-state index is -5.34. The summed E-state index contributed by atoms with van der Waals surface area (Å²) in [6, 6.07) is 1.50. The number of amides is 1. The molecule has 3 rings (SSSR count). The second-order valence-electron chi connectivity index (χ2n) is 7.27. The fraction of sp³-hybridized carbons (Fsp3) is 0.368. The molecule has 3 N–H and O–H groups in total. The third-order valence-electron chi connectivity index (χ3n) is 5.18. The average molecular weight is 513 g/mol. The van der Waals surface area contributed by atoms with Crippen LogP contribution in [0.25, 0.3) is 0 Å². The summed E-state index contributed by atoms with van der Waals surface area (Å²) >= 11 is 0. The molecule has 2 aromatic rings. The van der Waals surface area contributed by atoms with E-state index < -0.39 is 81.9 Å². The van der Waals surface area contributed by atoms with Gasteiger partial charge in [0.25, 0.3) is 10.0 Å². The van der Waals surface area contributed by atoms with E-state index in [1.54, 1.807) is 0 Å². The van der Waals surface area contributed by atoms with Crippen LogP contribution in [0, 0.1) is 11.6 Å². The summed E-state index contributed by atoms with van der Waals surface area (Å²) in [5, 5.41) is 6.53. The maximum atomic E-state index is 14.4. The number of alkyl halides is 3. The fourth-order valence-corrected chi connectivity index (χ4v) is 4.01. The van der Waals surface area contributed by atoms with Crippen molar-refractivity contribution < 1.29 is 48.8 Å². The first kappa shape index (κ1) is 21.5. The van der Waals surface area contributed by atoms with E-state index in [2.05, 4.69) is 15.0 Å². The Labute approximate surface area is 194 Å². The first-order valence-electron chi connectivity index (χ1n) is 10.7. The second kappa shape index (κ2) is 8.96. The van der Waals surface area contributed by atoms with E-state index in [-0.39, 0.29) is 5.69 Å². The quantitative estimate of drug-likeness (QED) is 0.568. The Hall–Kier alpha value is -3.04. The molecule has 0 radical (unpaired) electrons. The van der Waals surface area contributed by atoms with Gasteiger partial charge in [-0.3, -0.25) is 4.79 Å². The third-order valence-corrected chi connectivity index (χ3v) is 5.98. The molecule has 0 spiro atoms. The van der Waals surface area contributed by atoms with Crippen LogP contribution in [0.15, 0.2) is 35.5 Å². The Bertz CT molecular complexity index is 1310.